The average molecular weight is 719 g/mol. The van der Waals surface area contributed by atoms with Crippen molar-refractivity contribution < 1.29 is 38.1 Å². The summed E-state index contributed by atoms with van der Waals surface area (Å²) < 4.78 is 23.2. The first-order valence-electron chi connectivity index (χ1n) is 18.7. The average Bonchev–Trinajstić information content (AvgIpc) is 3.87. The first-order chi connectivity index (χ1) is 24.7. The summed E-state index contributed by atoms with van der Waals surface area (Å²) in [6.45, 7) is 12.5. The minimum Gasteiger partial charge on any atom is -0.476 e. The summed E-state index contributed by atoms with van der Waals surface area (Å²) in [5, 5.41) is 3.25. The number of carbonyl (C=O) groups is 4. The van der Waals surface area contributed by atoms with E-state index in [1.807, 2.05) is 43.3 Å². The Balaban J connectivity index is 1.28. The van der Waals surface area contributed by atoms with Gasteiger partial charge in [0.05, 0.1) is 29.7 Å². The van der Waals surface area contributed by atoms with Crippen molar-refractivity contribution >= 4 is 35.2 Å². The third-order valence-corrected chi connectivity index (χ3v) is 10.2. The second-order valence-corrected chi connectivity index (χ2v) is 15.9. The summed E-state index contributed by atoms with van der Waals surface area (Å²) in [7, 11) is 1.63. The van der Waals surface area contributed by atoms with Crippen LogP contribution in [0.3, 0.4) is 0 Å². The second kappa shape index (κ2) is 15.1. The number of fused-ring (bicyclic) bond motifs is 2. The Bertz CT molecular complexity index is 1670. The van der Waals surface area contributed by atoms with Crippen molar-refractivity contribution in [2.75, 3.05) is 49.8 Å². The summed E-state index contributed by atoms with van der Waals surface area (Å²) in [6.07, 6.45) is 2.49. The number of benzene rings is 2. The van der Waals surface area contributed by atoms with Gasteiger partial charge < -0.3 is 39.0 Å². The molecule has 4 amide bonds. The van der Waals surface area contributed by atoms with E-state index >= 15 is 0 Å². The Morgan fingerprint density at radius 1 is 1.06 bits per heavy atom. The summed E-state index contributed by atoms with van der Waals surface area (Å²) in [5.41, 5.74) is 1.62. The molecule has 12 nitrogen and oxygen atoms in total. The van der Waals surface area contributed by atoms with Crippen molar-refractivity contribution in [1.29, 1.82) is 0 Å². The molecule has 2 aliphatic carbocycles. The molecule has 0 aromatic heterocycles. The van der Waals surface area contributed by atoms with Crippen molar-refractivity contribution in [1.82, 2.24) is 10.2 Å². The molecule has 6 rings (SSSR count). The molecule has 1 saturated carbocycles. The molecule has 2 fully saturated rings. The molecule has 4 atom stereocenters. The van der Waals surface area contributed by atoms with Crippen molar-refractivity contribution in [3.8, 4) is 5.75 Å². The number of amides is 4. The molecule has 2 aliphatic heterocycles. The van der Waals surface area contributed by atoms with Gasteiger partial charge in [0.1, 0.15) is 11.4 Å². The molecule has 0 spiro atoms. The Morgan fingerprint density at radius 2 is 1.79 bits per heavy atom. The van der Waals surface area contributed by atoms with E-state index in [0.29, 0.717) is 49.7 Å². The number of anilines is 2. The number of nitrogens with one attached hydrogen (secondary N) is 1. The van der Waals surface area contributed by atoms with E-state index in [1.165, 1.54) is 4.90 Å². The van der Waals surface area contributed by atoms with Gasteiger partial charge >= 0.3 is 6.09 Å². The number of carbonyl (C=O) groups excluding carboxylic acids is 4. The number of likely N-dealkylation sites (tertiary alicyclic amines) is 1. The predicted molar refractivity (Wildman–Crippen MR) is 196 cm³/mol. The van der Waals surface area contributed by atoms with Crippen LogP contribution in [0.1, 0.15) is 84.4 Å². The van der Waals surface area contributed by atoms with Crippen molar-refractivity contribution in [2.24, 2.45) is 11.8 Å². The molecule has 12 heteroatoms. The van der Waals surface area contributed by atoms with Crippen LogP contribution in [0.5, 0.6) is 5.75 Å². The largest absolute Gasteiger partial charge is 0.476 e. The van der Waals surface area contributed by atoms with Gasteiger partial charge in [-0.1, -0.05) is 24.3 Å². The van der Waals surface area contributed by atoms with E-state index in [0.717, 1.165) is 24.0 Å². The van der Waals surface area contributed by atoms with Crippen LogP contribution in [0.25, 0.3) is 0 Å². The van der Waals surface area contributed by atoms with E-state index in [-0.39, 0.29) is 55.4 Å². The number of hydrogen-bond acceptors (Lipinski definition) is 8. The molecule has 0 radical (unpaired) electrons. The summed E-state index contributed by atoms with van der Waals surface area (Å²) in [6, 6.07) is 13.2. The van der Waals surface area contributed by atoms with Gasteiger partial charge in [0, 0.05) is 58.1 Å². The van der Waals surface area contributed by atoms with E-state index in [1.54, 1.807) is 51.5 Å². The third kappa shape index (κ3) is 8.07. The molecule has 2 aromatic rings. The zero-order valence-corrected chi connectivity index (χ0v) is 31.6. The number of nitrogens with zero attached hydrogens (tertiary/aromatic N) is 3. The fourth-order valence-electron chi connectivity index (χ4n) is 7.66. The lowest BCUT2D eigenvalue weighted by Gasteiger charge is -2.40. The lowest BCUT2D eigenvalue weighted by atomic mass is 9.87. The minimum absolute atomic E-state index is 0.0322. The fourth-order valence-corrected chi connectivity index (χ4v) is 7.66. The molecular formula is C40H54N4O8. The van der Waals surface area contributed by atoms with Gasteiger partial charge in [-0.2, -0.15) is 0 Å². The highest BCUT2D eigenvalue weighted by molar-refractivity contribution is 6.04. The molecule has 4 aliphatic rings. The zero-order valence-electron chi connectivity index (χ0n) is 31.6. The first kappa shape index (κ1) is 37.6. The number of methoxy groups -OCH3 is 1. The number of ether oxygens (including phenoxy) is 4. The molecule has 0 bridgehead atoms. The van der Waals surface area contributed by atoms with Crippen LogP contribution in [-0.4, -0.2) is 92.0 Å². The molecule has 282 valence electrons. The number of hydrogen-bond donors (Lipinski definition) is 1. The second-order valence-electron chi connectivity index (χ2n) is 15.9. The van der Waals surface area contributed by atoms with Crippen LogP contribution >= 0.6 is 0 Å². The van der Waals surface area contributed by atoms with Crippen molar-refractivity contribution in [2.45, 2.75) is 103 Å². The van der Waals surface area contributed by atoms with E-state index in [9.17, 15) is 19.2 Å². The molecule has 1 N–H and O–H groups in total. The molecule has 2 aromatic carbocycles. The maximum atomic E-state index is 14.7. The summed E-state index contributed by atoms with van der Waals surface area (Å²) >= 11 is 0. The molecule has 1 saturated heterocycles. The van der Waals surface area contributed by atoms with Crippen LogP contribution in [0.2, 0.25) is 0 Å². The highest BCUT2D eigenvalue weighted by atomic mass is 16.6. The molecular weight excluding hydrogens is 664 g/mol. The maximum Gasteiger partial charge on any atom is 0.410 e. The molecule has 0 unspecified atom stereocenters. The Labute approximate surface area is 307 Å². The molecule has 2 heterocycles. The van der Waals surface area contributed by atoms with Crippen LogP contribution < -0.4 is 19.9 Å². The van der Waals surface area contributed by atoms with Crippen molar-refractivity contribution in [3.05, 3.63) is 53.6 Å². The smallest absolute Gasteiger partial charge is 0.410 e. The quantitative estimate of drug-likeness (QED) is 0.306. The van der Waals surface area contributed by atoms with Crippen LogP contribution in [0.15, 0.2) is 42.5 Å². The van der Waals surface area contributed by atoms with Gasteiger partial charge in [-0.15, -0.1) is 0 Å². The fraction of sp³-hybridized carbons (Fsp3) is 0.600. The lowest BCUT2D eigenvalue weighted by Crippen LogP contribution is -2.54. The topological polar surface area (TPSA) is 127 Å². The van der Waals surface area contributed by atoms with Crippen LogP contribution in [-0.2, 0) is 35.0 Å². The Kier molecular flexibility index (Phi) is 10.9. The predicted octanol–water partition coefficient (Wildman–Crippen LogP) is 5.41. The molecule has 52 heavy (non-hydrogen) atoms. The number of piperidine rings is 1. The van der Waals surface area contributed by atoms with E-state index < -0.39 is 29.1 Å². The minimum atomic E-state index is -1.04. The normalized spacial score (nSPS) is 23.7. The lowest BCUT2D eigenvalue weighted by molar-refractivity contribution is -0.133. The van der Waals surface area contributed by atoms with Crippen molar-refractivity contribution in [3.63, 3.8) is 0 Å². The van der Waals surface area contributed by atoms with Gasteiger partial charge in [0.15, 0.2) is 5.60 Å². The van der Waals surface area contributed by atoms with Gasteiger partial charge in [0.2, 0.25) is 11.8 Å². The van der Waals surface area contributed by atoms with Crippen LogP contribution in [0.4, 0.5) is 16.2 Å². The standard InChI is InChI=1S/C40H54N4O8/c1-8-50-33-21-25-12-9-10-13-30(25)34(33)41-35(45)26-20-27(24-42(23-26)38(48)52-39(2,3)4)36(46)44(28-14-15-28)29-16-17-32-31(22-29)43(18-11-19-49-7)37(47)40(5,6)51-32/h9-10,12-13,16-17,22,26-28,33-34H,8,11,14-15,18-21,23-24H2,1-7H3,(H,41,45)/t26-,27+,33+,34-/m0/s1. The summed E-state index contributed by atoms with van der Waals surface area (Å²) in [5.74, 6) is -1.31. The van der Waals surface area contributed by atoms with Gasteiger partial charge in [-0.3, -0.25) is 14.4 Å². The Morgan fingerprint density at radius 3 is 2.48 bits per heavy atom. The first-order valence-corrected chi connectivity index (χ1v) is 18.7. The SMILES string of the molecule is CCO[C@@H]1Cc2ccccc2[C@@H]1NC(=O)[C@H]1C[C@@H](C(=O)N(c2ccc3c(c2)N(CCCOC)C(=O)C(C)(C)O3)C2CC2)CN(C(=O)OC(C)(C)C)C1. The monoisotopic (exact) mass is 718 g/mol. The van der Waals surface area contributed by atoms with Gasteiger partial charge in [-0.05, 0) is 96.6 Å². The van der Waals surface area contributed by atoms with Gasteiger partial charge in [0.25, 0.3) is 5.91 Å². The third-order valence-electron chi connectivity index (χ3n) is 10.2. The maximum absolute atomic E-state index is 14.7. The Hall–Kier alpha value is -4.16. The highest BCUT2D eigenvalue weighted by Gasteiger charge is 2.46. The van der Waals surface area contributed by atoms with Crippen LogP contribution in [0, 0.1) is 11.8 Å². The van der Waals surface area contributed by atoms with E-state index in [4.69, 9.17) is 18.9 Å². The zero-order chi connectivity index (χ0) is 37.4. The van der Waals surface area contributed by atoms with Gasteiger partial charge in [-0.25, -0.2) is 4.79 Å². The van der Waals surface area contributed by atoms with E-state index in [2.05, 4.69) is 11.4 Å². The highest BCUT2D eigenvalue weighted by Crippen LogP contribution is 2.43. The number of rotatable bonds is 11. The summed E-state index contributed by atoms with van der Waals surface area (Å²) in [4.78, 5) is 61.0.